The summed E-state index contributed by atoms with van der Waals surface area (Å²) in [5, 5.41) is 4.88. The molecule has 190 valence electrons. The molecule has 2 N–H and O–H groups in total. The maximum atomic E-state index is 12.8. The molecular weight excluding hydrogens is 485 g/mol. The maximum absolute atomic E-state index is 12.8. The summed E-state index contributed by atoms with van der Waals surface area (Å²) >= 11 is 0. The van der Waals surface area contributed by atoms with Crippen molar-refractivity contribution in [3.63, 3.8) is 0 Å². The Hall–Kier alpha value is -3.43. The molecule has 0 bridgehead atoms. The first kappa shape index (κ1) is 25.7. The van der Waals surface area contributed by atoms with Crippen LogP contribution < -0.4 is 10.4 Å². The molecule has 0 saturated heterocycles. The first-order valence-corrected chi connectivity index (χ1v) is 12.7. The average molecular weight is 513 g/mol. The Balaban J connectivity index is 1.52. The SMILES string of the molecule is COP(=O)(O)ON1C(=O)C(C)(C)Nc2cc(/C=C/C(=O)N(C)Cc3oc4ccccc4c3C)ccc21. The summed E-state index contributed by atoms with van der Waals surface area (Å²) in [7, 11) is -1.77. The van der Waals surface area contributed by atoms with Crippen molar-refractivity contribution in [2.75, 3.05) is 24.5 Å². The summed E-state index contributed by atoms with van der Waals surface area (Å²) in [6.07, 6.45) is 3.09. The molecule has 2 amide bonds. The molecule has 1 aliphatic heterocycles. The van der Waals surface area contributed by atoms with Gasteiger partial charge in [0.15, 0.2) is 0 Å². The second kappa shape index (κ2) is 9.55. The number of aryl methyl sites for hydroxylation is 1. The highest BCUT2D eigenvalue weighted by atomic mass is 31.2. The van der Waals surface area contributed by atoms with Crippen molar-refractivity contribution in [2.24, 2.45) is 0 Å². The lowest BCUT2D eigenvalue weighted by atomic mass is 9.98. The molecule has 0 aliphatic carbocycles. The number of hydrogen-bond donors (Lipinski definition) is 2. The lowest BCUT2D eigenvalue weighted by molar-refractivity contribution is -0.127. The third kappa shape index (κ3) is 5.08. The predicted molar refractivity (Wildman–Crippen MR) is 136 cm³/mol. The minimum absolute atomic E-state index is 0.220. The fraction of sp³-hybridized carbons (Fsp3) is 0.280. The van der Waals surface area contributed by atoms with Gasteiger partial charge in [-0.3, -0.25) is 14.1 Å². The van der Waals surface area contributed by atoms with E-state index in [0.29, 0.717) is 17.8 Å². The molecule has 1 atom stereocenters. The molecule has 1 aliphatic rings. The summed E-state index contributed by atoms with van der Waals surface area (Å²) < 4.78 is 27.3. The second-order valence-electron chi connectivity index (χ2n) is 9.03. The van der Waals surface area contributed by atoms with E-state index in [1.807, 2.05) is 31.2 Å². The molecule has 11 heteroatoms. The Labute approximate surface area is 208 Å². The number of para-hydroxylation sites is 1. The van der Waals surface area contributed by atoms with Gasteiger partial charge in [0, 0.05) is 31.2 Å². The highest BCUT2D eigenvalue weighted by Gasteiger charge is 2.42. The van der Waals surface area contributed by atoms with Crippen LogP contribution in [0.1, 0.15) is 30.7 Å². The number of nitrogens with one attached hydrogen (secondary N) is 1. The standard InChI is InChI=1S/C25H28N3O7P/c1-16-18-8-6-7-9-21(18)34-22(16)15-27(4)23(29)13-11-17-10-12-20-19(14-17)26-25(2,3)24(30)28(20)35-36(31,32)33-5/h6-14,26H,15H2,1-5H3,(H,31,32)/b13-11+. The van der Waals surface area contributed by atoms with E-state index >= 15 is 0 Å². The van der Waals surface area contributed by atoms with Gasteiger partial charge in [-0.1, -0.05) is 24.3 Å². The lowest BCUT2D eigenvalue weighted by Crippen LogP contribution is -2.53. The van der Waals surface area contributed by atoms with Crippen LogP contribution in [0.15, 0.2) is 53.0 Å². The highest BCUT2D eigenvalue weighted by molar-refractivity contribution is 7.47. The fourth-order valence-electron chi connectivity index (χ4n) is 3.87. The van der Waals surface area contributed by atoms with Gasteiger partial charge >= 0.3 is 7.82 Å². The number of benzene rings is 2. The van der Waals surface area contributed by atoms with Crippen molar-refractivity contribution < 1.29 is 32.6 Å². The predicted octanol–water partition coefficient (Wildman–Crippen LogP) is 4.63. The summed E-state index contributed by atoms with van der Waals surface area (Å²) in [4.78, 5) is 36.8. The number of phosphoric acid groups is 1. The van der Waals surface area contributed by atoms with E-state index in [2.05, 4.69) is 9.84 Å². The minimum atomic E-state index is -4.48. The average Bonchev–Trinajstić information content (AvgIpc) is 3.15. The monoisotopic (exact) mass is 513 g/mol. The summed E-state index contributed by atoms with van der Waals surface area (Å²) in [5.41, 5.74) is 2.06. The van der Waals surface area contributed by atoms with Crippen LogP contribution in [0, 0.1) is 6.92 Å². The molecule has 0 saturated carbocycles. The van der Waals surface area contributed by atoms with Gasteiger partial charge in [0.2, 0.25) is 5.91 Å². The number of amides is 2. The quantitative estimate of drug-likeness (QED) is 0.347. The van der Waals surface area contributed by atoms with Gasteiger partial charge in [0.25, 0.3) is 5.91 Å². The number of carbonyl (C=O) groups excluding carboxylic acids is 2. The van der Waals surface area contributed by atoms with Crippen molar-refractivity contribution in [3.05, 3.63) is 65.4 Å². The van der Waals surface area contributed by atoms with Gasteiger partial charge in [0.05, 0.1) is 17.9 Å². The van der Waals surface area contributed by atoms with E-state index in [9.17, 15) is 19.0 Å². The number of hydrogen-bond acceptors (Lipinski definition) is 7. The molecule has 2 aromatic carbocycles. The maximum Gasteiger partial charge on any atom is 0.494 e. The molecule has 0 fully saturated rings. The minimum Gasteiger partial charge on any atom is -0.459 e. The van der Waals surface area contributed by atoms with Crippen LogP contribution in [0.3, 0.4) is 0 Å². The number of rotatable bonds is 7. The number of nitrogens with zero attached hydrogens (tertiary/aromatic N) is 2. The normalized spacial score (nSPS) is 16.6. The molecule has 1 aromatic heterocycles. The van der Waals surface area contributed by atoms with Crippen LogP contribution in [-0.2, 0) is 29.8 Å². The third-order valence-electron chi connectivity index (χ3n) is 5.94. The topological polar surface area (TPSA) is 122 Å². The Morgan fingerprint density at radius 2 is 2.00 bits per heavy atom. The Morgan fingerprint density at radius 1 is 1.28 bits per heavy atom. The lowest BCUT2D eigenvalue weighted by Gasteiger charge is -2.38. The summed E-state index contributed by atoms with van der Waals surface area (Å²) in [6, 6.07) is 12.7. The third-order valence-corrected chi connectivity index (χ3v) is 6.77. The van der Waals surface area contributed by atoms with Gasteiger partial charge in [-0.05, 0) is 50.6 Å². The number of phosphoric ester groups is 1. The van der Waals surface area contributed by atoms with Gasteiger partial charge in [-0.2, -0.15) is 9.69 Å². The molecule has 0 radical (unpaired) electrons. The highest BCUT2D eigenvalue weighted by Crippen LogP contribution is 2.47. The summed E-state index contributed by atoms with van der Waals surface area (Å²) in [6.45, 7) is 5.52. The van der Waals surface area contributed by atoms with Crippen LogP contribution >= 0.6 is 7.82 Å². The van der Waals surface area contributed by atoms with Gasteiger partial charge < -0.3 is 19.5 Å². The van der Waals surface area contributed by atoms with Crippen LogP contribution in [-0.4, -0.2) is 41.3 Å². The van der Waals surface area contributed by atoms with E-state index < -0.39 is 19.3 Å². The smallest absolute Gasteiger partial charge is 0.459 e. The van der Waals surface area contributed by atoms with Gasteiger partial charge in [-0.25, -0.2) is 4.57 Å². The van der Waals surface area contributed by atoms with E-state index in [0.717, 1.165) is 34.5 Å². The number of fused-ring (bicyclic) bond motifs is 2. The van der Waals surface area contributed by atoms with E-state index in [1.54, 1.807) is 50.1 Å². The first-order chi connectivity index (χ1) is 16.9. The zero-order chi connectivity index (χ0) is 26.3. The molecule has 3 aromatic rings. The number of likely N-dealkylation sites (N-methyl/N-ethyl adjacent to an activating group) is 1. The van der Waals surface area contributed by atoms with Crippen molar-refractivity contribution in [1.29, 1.82) is 0 Å². The zero-order valence-corrected chi connectivity index (χ0v) is 21.5. The molecule has 1 unspecified atom stereocenters. The van der Waals surface area contributed by atoms with Crippen LogP contribution in [0.25, 0.3) is 17.0 Å². The molecular formula is C25H28N3O7P. The van der Waals surface area contributed by atoms with Crippen molar-refractivity contribution in [1.82, 2.24) is 4.90 Å². The van der Waals surface area contributed by atoms with Gasteiger partial charge in [-0.15, -0.1) is 0 Å². The zero-order valence-electron chi connectivity index (χ0n) is 20.6. The number of hydroxylamine groups is 1. The van der Waals surface area contributed by atoms with Crippen molar-refractivity contribution in [2.45, 2.75) is 32.9 Å². The van der Waals surface area contributed by atoms with E-state index in [4.69, 9.17) is 9.04 Å². The number of furan rings is 1. The van der Waals surface area contributed by atoms with E-state index in [-0.39, 0.29) is 11.6 Å². The number of carbonyl (C=O) groups is 2. The molecule has 36 heavy (non-hydrogen) atoms. The van der Waals surface area contributed by atoms with Crippen LogP contribution in [0.2, 0.25) is 0 Å². The molecule has 2 heterocycles. The summed E-state index contributed by atoms with van der Waals surface area (Å²) in [5.74, 6) is -0.0627. The Kier molecular flexibility index (Phi) is 6.81. The molecule has 0 spiro atoms. The largest absolute Gasteiger partial charge is 0.494 e. The van der Waals surface area contributed by atoms with Crippen LogP contribution in [0.5, 0.6) is 0 Å². The van der Waals surface area contributed by atoms with Crippen molar-refractivity contribution in [3.8, 4) is 0 Å². The number of anilines is 2. The Bertz CT molecular complexity index is 1410. The van der Waals surface area contributed by atoms with Crippen molar-refractivity contribution >= 4 is 48.1 Å². The fourth-order valence-corrected chi connectivity index (χ4v) is 4.30. The molecule has 10 nitrogen and oxygen atoms in total. The van der Waals surface area contributed by atoms with Gasteiger partial charge in [0.1, 0.15) is 16.9 Å². The Morgan fingerprint density at radius 3 is 2.69 bits per heavy atom. The first-order valence-electron chi connectivity index (χ1n) is 11.2. The molecule has 4 rings (SSSR count). The second-order valence-corrected chi connectivity index (χ2v) is 10.5. The van der Waals surface area contributed by atoms with E-state index in [1.165, 1.54) is 6.08 Å². The van der Waals surface area contributed by atoms with Crippen LogP contribution in [0.4, 0.5) is 11.4 Å².